The van der Waals surface area contributed by atoms with E-state index < -0.39 is 21.7 Å². The first-order valence-electron chi connectivity index (χ1n) is 7.99. The van der Waals surface area contributed by atoms with Crippen molar-refractivity contribution >= 4 is 21.6 Å². The highest BCUT2D eigenvalue weighted by Gasteiger charge is 2.23. The number of sulfonamides is 1. The average molecular weight is 363 g/mol. The molecule has 1 heterocycles. The number of pyridine rings is 1. The first-order valence-corrected chi connectivity index (χ1v) is 9.47. The summed E-state index contributed by atoms with van der Waals surface area (Å²) < 4.78 is 41.2. The first-order chi connectivity index (χ1) is 12.0. The largest absolute Gasteiger partial charge is 0.319 e. The van der Waals surface area contributed by atoms with E-state index >= 15 is 0 Å². The van der Waals surface area contributed by atoms with E-state index in [1.165, 1.54) is 36.5 Å². The quantitative estimate of drug-likeness (QED) is 0.855. The minimum atomic E-state index is -3.69. The summed E-state index contributed by atoms with van der Waals surface area (Å²) in [6.07, 6.45) is 5.99. The summed E-state index contributed by atoms with van der Waals surface area (Å²) in [5.41, 5.74) is 0.114. The molecule has 1 amide bonds. The molecule has 0 atom stereocenters. The number of carbonyl (C=O) groups excluding carboxylic acids is 1. The lowest BCUT2D eigenvalue weighted by atomic mass is 10.2. The number of halogens is 1. The van der Waals surface area contributed by atoms with Crippen molar-refractivity contribution in [3.05, 3.63) is 54.1 Å². The van der Waals surface area contributed by atoms with E-state index in [2.05, 4.69) is 15.0 Å². The third-order valence-electron chi connectivity index (χ3n) is 4.10. The molecule has 1 aliphatic rings. The van der Waals surface area contributed by atoms with Gasteiger partial charge in [-0.1, -0.05) is 18.9 Å². The third kappa shape index (κ3) is 4.21. The van der Waals surface area contributed by atoms with Crippen molar-refractivity contribution in [1.29, 1.82) is 0 Å². The van der Waals surface area contributed by atoms with E-state index in [9.17, 15) is 17.6 Å². The number of rotatable bonds is 5. The van der Waals surface area contributed by atoms with Crippen LogP contribution >= 0.6 is 0 Å². The van der Waals surface area contributed by atoms with Gasteiger partial charge in [-0.25, -0.2) is 17.5 Å². The summed E-state index contributed by atoms with van der Waals surface area (Å²) in [5.74, 6) is -1.26. The van der Waals surface area contributed by atoms with Crippen molar-refractivity contribution in [3.8, 4) is 0 Å². The molecule has 6 nitrogen and oxygen atoms in total. The number of benzene rings is 1. The summed E-state index contributed by atoms with van der Waals surface area (Å²) in [6.45, 7) is 0. The van der Waals surface area contributed by atoms with Crippen LogP contribution in [0.4, 0.5) is 10.1 Å². The Labute approximate surface area is 145 Å². The number of anilines is 1. The van der Waals surface area contributed by atoms with Crippen LogP contribution in [0.5, 0.6) is 0 Å². The van der Waals surface area contributed by atoms with Gasteiger partial charge < -0.3 is 5.32 Å². The van der Waals surface area contributed by atoms with Gasteiger partial charge in [0.1, 0.15) is 0 Å². The highest BCUT2D eigenvalue weighted by molar-refractivity contribution is 7.89. The Bertz CT molecular complexity index is 880. The second-order valence-corrected chi connectivity index (χ2v) is 7.65. The Kier molecular flexibility index (Phi) is 5.10. The third-order valence-corrected chi connectivity index (χ3v) is 5.62. The van der Waals surface area contributed by atoms with Crippen molar-refractivity contribution in [2.75, 3.05) is 5.32 Å². The highest BCUT2D eigenvalue weighted by atomic mass is 32.2. The summed E-state index contributed by atoms with van der Waals surface area (Å²) in [5, 5.41) is 2.41. The fraction of sp³-hybridized carbons (Fsp3) is 0.294. The minimum absolute atomic E-state index is 0.0160. The lowest BCUT2D eigenvalue weighted by molar-refractivity contribution is 0.102. The molecule has 2 N–H and O–H groups in total. The second-order valence-electron chi connectivity index (χ2n) is 5.94. The smallest absolute Gasteiger partial charge is 0.255 e. The lowest BCUT2D eigenvalue weighted by Gasteiger charge is -2.13. The van der Waals surface area contributed by atoms with E-state index in [1.807, 2.05) is 0 Å². The number of carbonyl (C=O) groups is 1. The molecule has 132 valence electrons. The van der Waals surface area contributed by atoms with Crippen LogP contribution in [0.1, 0.15) is 36.0 Å². The first kappa shape index (κ1) is 17.5. The van der Waals surface area contributed by atoms with E-state index in [0.29, 0.717) is 0 Å². The maximum atomic E-state index is 13.6. The summed E-state index contributed by atoms with van der Waals surface area (Å²) in [6, 6.07) is 6.94. The Hall–Kier alpha value is -2.32. The summed E-state index contributed by atoms with van der Waals surface area (Å²) in [7, 11) is -3.69. The molecule has 0 unspecified atom stereocenters. The Morgan fingerprint density at radius 2 is 1.96 bits per heavy atom. The van der Waals surface area contributed by atoms with Gasteiger partial charge >= 0.3 is 0 Å². The number of nitrogens with one attached hydrogen (secondary N) is 2. The second kappa shape index (κ2) is 7.28. The predicted molar refractivity (Wildman–Crippen MR) is 91.2 cm³/mol. The van der Waals surface area contributed by atoms with Gasteiger partial charge in [0.15, 0.2) is 5.82 Å². The molecule has 25 heavy (non-hydrogen) atoms. The van der Waals surface area contributed by atoms with Gasteiger partial charge in [0.2, 0.25) is 10.0 Å². The van der Waals surface area contributed by atoms with Crippen LogP contribution in [0.25, 0.3) is 0 Å². The molecular weight excluding hydrogens is 345 g/mol. The minimum Gasteiger partial charge on any atom is -0.319 e. The molecule has 0 aliphatic heterocycles. The van der Waals surface area contributed by atoms with Gasteiger partial charge in [-0.3, -0.25) is 9.78 Å². The number of hydrogen-bond acceptors (Lipinski definition) is 4. The highest BCUT2D eigenvalue weighted by Crippen LogP contribution is 2.21. The van der Waals surface area contributed by atoms with Gasteiger partial charge in [-0.05, 0) is 37.1 Å². The van der Waals surface area contributed by atoms with E-state index in [-0.39, 0.29) is 22.2 Å². The Morgan fingerprint density at radius 3 is 2.68 bits per heavy atom. The molecule has 0 bridgehead atoms. The SMILES string of the molecule is O=C(Nc1ccncc1F)c1cccc(S(=O)(=O)NC2CCCC2)c1. The Balaban J connectivity index is 1.78. The molecule has 1 aliphatic carbocycles. The van der Waals surface area contributed by atoms with Crippen molar-refractivity contribution in [2.24, 2.45) is 0 Å². The molecule has 0 spiro atoms. The van der Waals surface area contributed by atoms with Crippen LogP contribution in [0.15, 0.2) is 47.6 Å². The topological polar surface area (TPSA) is 88.2 Å². The molecule has 0 saturated heterocycles. The molecule has 1 aromatic carbocycles. The predicted octanol–water partition coefficient (Wildman–Crippen LogP) is 2.69. The zero-order valence-corrected chi connectivity index (χ0v) is 14.2. The molecule has 1 fully saturated rings. The average Bonchev–Trinajstić information content (AvgIpc) is 3.09. The molecule has 1 saturated carbocycles. The van der Waals surface area contributed by atoms with Gasteiger partial charge in [-0.2, -0.15) is 0 Å². The zero-order chi connectivity index (χ0) is 17.9. The van der Waals surface area contributed by atoms with Gasteiger partial charge in [0, 0.05) is 17.8 Å². The van der Waals surface area contributed by atoms with E-state index in [1.54, 1.807) is 0 Å². The van der Waals surface area contributed by atoms with Crippen molar-refractivity contribution in [3.63, 3.8) is 0 Å². The Morgan fingerprint density at radius 1 is 1.20 bits per heavy atom. The van der Waals surface area contributed by atoms with Crippen molar-refractivity contribution < 1.29 is 17.6 Å². The van der Waals surface area contributed by atoms with Crippen LogP contribution in [0, 0.1) is 5.82 Å². The van der Waals surface area contributed by atoms with Gasteiger partial charge in [-0.15, -0.1) is 0 Å². The fourth-order valence-electron chi connectivity index (χ4n) is 2.81. The van der Waals surface area contributed by atoms with Crippen LogP contribution in [0.2, 0.25) is 0 Å². The summed E-state index contributed by atoms with van der Waals surface area (Å²) >= 11 is 0. The monoisotopic (exact) mass is 363 g/mol. The number of hydrogen-bond donors (Lipinski definition) is 2. The molecule has 8 heteroatoms. The van der Waals surface area contributed by atoms with E-state index in [0.717, 1.165) is 31.9 Å². The van der Waals surface area contributed by atoms with Crippen LogP contribution in [0.3, 0.4) is 0 Å². The molecule has 1 aromatic heterocycles. The van der Waals surface area contributed by atoms with E-state index in [4.69, 9.17) is 0 Å². The standard InChI is InChI=1S/C17H18FN3O3S/c18-15-11-19-9-8-16(15)20-17(22)12-4-3-7-14(10-12)25(23,24)21-13-5-1-2-6-13/h3-4,7-11,13,21H,1-2,5-6H2,(H,19,20,22). The van der Waals surface area contributed by atoms with Crippen LogP contribution in [-0.4, -0.2) is 25.4 Å². The van der Waals surface area contributed by atoms with Gasteiger partial charge in [0.25, 0.3) is 5.91 Å². The molecule has 3 rings (SSSR count). The molecule has 0 radical (unpaired) electrons. The van der Waals surface area contributed by atoms with Crippen molar-refractivity contribution in [2.45, 2.75) is 36.6 Å². The summed E-state index contributed by atoms with van der Waals surface area (Å²) in [4.78, 5) is 15.9. The van der Waals surface area contributed by atoms with Crippen LogP contribution in [-0.2, 0) is 10.0 Å². The lowest BCUT2D eigenvalue weighted by Crippen LogP contribution is -2.32. The zero-order valence-electron chi connectivity index (χ0n) is 13.4. The number of amides is 1. The number of nitrogens with zero attached hydrogens (tertiary/aromatic N) is 1. The number of aromatic nitrogens is 1. The van der Waals surface area contributed by atoms with Crippen LogP contribution < -0.4 is 10.0 Å². The molecular formula is C17H18FN3O3S. The fourth-order valence-corrected chi connectivity index (χ4v) is 4.16. The maximum Gasteiger partial charge on any atom is 0.255 e. The van der Waals surface area contributed by atoms with Gasteiger partial charge in [0.05, 0.1) is 16.8 Å². The normalized spacial score (nSPS) is 15.2. The maximum absolute atomic E-state index is 13.6. The molecule has 2 aromatic rings. The van der Waals surface area contributed by atoms with Crippen molar-refractivity contribution in [1.82, 2.24) is 9.71 Å².